The normalized spacial score (nSPS) is 10.3. The van der Waals surface area contributed by atoms with Crippen molar-refractivity contribution in [1.82, 2.24) is 14.8 Å². The monoisotopic (exact) mass is 241 g/mol. The van der Waals surface area contributed by atoms with E-state index < -0.39 is 5.95 Å². The van der Waals surface area contributed by atoms with Gasteiger partial charge in [0.25, 0.3) is 0 Å². The quantitative estimate of drug-likeness (QED) is 0.717. The Morgan fingerprint density at radius 3 is 2.92 bits per heavy atom. The molecule has 5 heteroatoms. The fourth-order valence-corrected chi connectivity index (χ4v) is 1.27. The maximum Gasteiger partial charge on any atom is 0.238 e. The zero-order chi connectivity index (χ0) is 9.26. The van der Waals surface area contributed by atoms with Gasteiger partial charge in [0.2, 0.25) is 5.95 Å². The lowest BCUT2D eigenvalue weighted by Gasteiger charge is -1.99. The van der Waals surface area contributed by atoms with Crippen molar-refractivity contribution < 1.29 is 4.39 Å². The average molecular weight is 242 g/mol. The molecule has 0 radical (unpaired) electrons. The van der Waals surface area contributed by atoms with Crippen LogP contribution in [0.15, 0.2) is 35.2 Å². The molecular weight excluding hydrogens is 237 g/mol. The molecule has 2 rings (SSSR count). The maximum absolute atomic E-state index is 13.1. The van der Waals surface area contributed by atoms with Crippen molar-refractivity contribution >= 4 is 15.9 Å². The first-order valence-electron chi connectivity index (χ1n) is 3.58. The summed E-state index contributed by atoms with van der Waals surface area (Å²) in [5.74, 6) is -0.530. The van der Waals surface area contributed by atoms with Gasteiger partial charge in [0.15, 0.2) is 0 Å². The lowest BCUT2D eigenvalue weighted by molar-refractivity contribution is 0.569. The van der Waals surface area contributed by atoms with Crippen molar-refractivity contribution in [2.75, 3.05) is 0 Å². The molecule has 0 aliphatic heterocycles. The van der Waals surface area contributed by atoms with E-state index in [1.165, 1.54) is 10.9 Å². The fourth-order valence-electron chi connectivity index (χ4n) is 0.981. The zero-order valence-electron chi connectivity index (χ0n) is 6.48. The van der Waals surface area contributed by atoms with E-state index in [4.69, 9.17) is 0 Å². The molecule has 0 N–H and O–H groups in total. The highest BCUT2D eigenvalue weighted by atomic mass is 79.9. The third kappa shape index (κ3) is 1.60. The van der Waals surface area contributed by atoms with E-state index in [0.29, 0.717) is 5.69 Å². The summed E-state index contributed by atoms with van der Waals surface area (Å²) in [6.45, 7) is 0. The Morgan fingerprint density at radius 1 is 1.46 bits per heavy atom. The molecule has 0 aromatic carbocycles. The lowest BCUT2D eigenvalue weighted by atomic mass is 10.4. The smallest absolute Gasteiger partial charge is 0.235 e. The van der Waals surface area contributed by atoms with Gasteiger partial charge in [-0.25, -0.2) is 9.67 Å². The van der Waals surface area contributed by atoms with Crippen molar-refractivity contribution in [2.45, 2.75) is 0 Å². The van der Waals surface area contributed by atoms with Crippen LogP contribution in [-0.4, -0.2) is 14.8 Å². The molecule has 66 valence electrons. The second kappa shape index (κ2) is 3.26. The number of hydrogen-bond donors (Lipinski definition) is 0. The molecule has 2 aromatic rings. The van der Waals surface area contributed by atoms with E-state index in [0.717, 1.165) is 4.47 Å². The van der Waals surface area contributed by atoms with Gasteiger partial charge in [-0.1, -0.05) is 0 Å². The van der Waals surface area contributed by atoms with Gasteiger partial charge in [0.05, 0.1) is 10.7 Å². The Balaban J connectivity index is 2.52. The first kappa shape index (κ1) is 8.37. The van der Waals surface area contributed by atoms with Crippen LogP contribution in [0.2, 0.25) is 0 Å². The van der Waals surface area contributed by atoms with Crippen LogP contribution in [0.3, 0.4) is 0 Å². The van der Waals surface area contributed by atoms with Crippen LogP contribution in [0, 0.1) is 5.95 Å². The summed E-state index contributed by atoms with van der Waals surface area (Å²) >= 11 is 3.23. The molecule has 0 fully saturated rings. The Kier molecular flexibility index (Phi) is 2.10. The van der Waals surface area contributed by atoms with Gasteiger partial charge >= 0.3 is 0 Å². The van der Waals surface area contributed by atoms with E-state index in [9.17, 15) is 4.39 Å². The molecule has 0 unspecified atom stereocenters. The summed E-state index contributed by atoms with van der Waals surface area (Å²) in [4.78, 5) is 3.52. The van der Waals surface area contributed by atoms with Gasteiger partial charge in [0.1, 0.15) is 5.69 Å². The first-order valence-corrected chi connectivity index (χ1v) is 4.38. The Morgan fingerprint density at radius 2 is 2.31 bits per heavy atom. The zero-order valence-corrected chi connectivity index (χ0v) is 8.07. The molecule has 0 amide bonds. The first-order chi connectivity index (χ1) is 6.27. The minimum atomic E-state index is -0.530. The van der Waals surface area contributed by atoms with E-state index in [-0.39, 0.29) is 0 Å². The average Bonchev–Trinajstić information content (AvgIpc) is 2.53. The van der Waals surface area contributed by atoms with Crippen LogP contribution in [0.1, 0.15) is 0 Å². The molecule has 3 nitrogen and oxygen atoms in total. The molecule has 0 aliphatic rings. The molecule has 2 heterocycles. The second-order valence-electron chi connectivity index (χ2n) is 2.42. The van der Waals surface area contributed by atoms with Gasteiger partial charge in [-0.2, -0.15) is 9.49 Å². The molecule has 0 aliphatic carbocycles. The molecule has 13 heavy (non-hydrogen) atoms. The number of nitrogens with zero attached hydrogens (tertiary/aromatic N) is 3. The summed E-state index contributed by atoms with van der Waals surface area (Å²) in [6.07, 6.45) is 4.66. The minimum absolute atomic E-state index is 0.341. The van der Waals surface area contributed by atoms with Crippen molar-refractivity contribution in [3.8, 4) is 5.69 Å². The Bertz CT molecular complexity index is 427. The minimum Gasteiger partial charge on any atom is -0.235 e. The van der Waals surface area contributed by atoms with E-state index in [2.05, 4.69) is 26.0 Å². The number of halogens is 2. The largest absolute Gasteiger partial charge is 0.238 e. The molecule has 2 aromatic heterocycles. The third-order valence-corrected chi connectivity index (χ3v) is 1.95. The highest BCUT2D eigenvalue weighted by molar-refractivity contribution is 9.10. The number of rotatable bonds is 1. The third-order valence-electron chi connectivity index (χ3n) is 1.54. The molecule has 0 saturated carbocycles. The summed E-state index contributed by atoms with van der Waals surface area (Å²) in [5, 5.41) is 3.94. The predicted octanol–water partition coefficient (Wildman–Crippen LogP) is 2.17. The second-order valence-corrected chi connectivity index (χ2v) is 3.33. The predicted molar refractivity (Wildman–Crippen MR) is 49.0 cm³/mol. The van der Waals surface area contributed by atoms with Crippen LogP contribution < -0.4 is 0 Å². The number of aromatic nitrogens is 3. The highest BCUT2D eigenvalue weighted by Crippen LogP contribution is 2.13. The fraction of sp³-hybridized carbons (Fsp3) is 0. The van der Waals surface area contributed by atoms with E-state index in [1.807, 2.05) is 0 Å². The van der Waals surface area contributed by atoms with E-state index >= 15 is 0 Å². The van der Waals surface area contributed by atoms with Crippen LogP contribution >= 0.6 is 15.9 Å². The van der Waals surface area contributed by atoms with Crippen molar-refractivity contribution in [1.29, 1.82) is 0 Å². The van der Waals surface area contributed by atoms with E-state index in [1.54, 1.807) is 24.5 Å². The summed E-state index contributed by atoms with van der Waals surface area (Å²) < 4.78 is 15.3. The maximum atomic E-state index is 13.1. The van der Waals surface area contributed by atoms with Gasteiger partial charge < -0.3 is 0 Å². The van der Waals surface area contributed by atoms with Gasteiger partial charge in [0, 0.05) is 12.4 Å². The Labute approximate surface area is 82.3 Å². The summed E-state index contributed by atoms with van der Waals surface area (Å²) in [6, 6.07) is 3.27. The van der Waals surface area contributed by atoms with Gasteiger partial charge in [-0.05, 0) is 28.1 Å². The Hall–Kier alpha value is -1.23. The highest BCUT2D eigenvalue weighted by Gasteiger charge is 2.04. The molecule has 0 atom stereocenters. The lowest BCUT2D eigenvalue weighted by Crippen LogP contribution is -1.99. The summed E-state index contributed by atoms with van der Waals surface area (Å²) in [7, 11) is 0. The topological polar surface area (TPSA) is 30.7 Å². The van der Waals surface area contributed by atoms with Crippen molar-refractivity contribution in [3.63, 3.8) is 0 Å². The molecule has 0 spiro atoms. The van der Waals surface area contributed by atoms with Crippen molar-refractivity contribution in [3.05, 3.63) is 41.1 Å². The van der Waals surface area contributed by atoms with Crippen LogP contribution in [0.5, 0.6) is 0 Å². The number of hydrogen-bond acceptors (Lipinski definition) is 2. The SMILES string of the molecule is Fc1ncccc1-n1cc(Br)cn1. The summed E-state index contributed by atoms with van der Waals surface area (Å²) in [5.41, 5.74) is 0.341. The molecule has 0 bridgehead atoms. The standard InChI is InChI=1S/C8H5BrFN3/c9-6-4-12-13(5-6)7-2-1-3-11-8(7)10/h1-5H. The number of pyridine rings is 1. The van der Waals surface area contributed by atoms with Crippen LogP contribution in [0.25, 0.3) is 5.69 Å². The van der Waals surface area contributed by atoms with Gasteiger partial charge in [-0.3, -0.25) is 0 Å². The van der Waals surface area contributed by atoms with Crippen LogP contribution in [0.4, 0.5) is 4.39 Å². The van der Waals surface area contributed by atoms with Crippen molar-refractivity contribution in [2.24, 2.45) is 0 Å². The van der Waals surface area contributed by atoms with Gasteiger partial charge in [-0.15, -0.1) is 0 Å². The molecule has 0 saturated heterocycles. The molecular formula is C8H5BrFN3. The van der Waals surface area contributed by atoms with Crippen LogP contribution in [-0.2, 0) is 0 Å².